The Balaban J connectivity index is 2.34. The highest BCUT2D eigenvalue weighted by molar-refractivity contribution is 7.89. The maximum atomic E-state index is 12.9. The van der Waals surface area contributed by atoms with E-state index < -0.39 is 27.6 Å². The molecule has 0 saturated carbocycles. The van der Waals surface area contributed by atoms with Crippen LogP contribution in [0, 0.1) is 5.82 Å². The lowest BCUT2D eigenvalue weighted by molar-refractivity contribution is -0.112. The van der Waals surface area contributed by atoms with Crippen molar-refractivity contribution in [2.75, 3.05) is 6.54 Å². The third kappa shape index (κ3) is 3.90. The van der Waals surface area contributed by atoms with E-state index in [1.165, 1.54) is 6.26 Å². The van der Waals surface area contributed by atoms with E-state index in [4.69, 9.17) is 16.0 Å². The van der Waals surface area contributed by atoms with E-state index >= 15 is 0 Å². The van der Waals surface area contributed by atoms with Crippen molar-refractivity contribution in [3.63, 3.8) is 0 Å². The SMILES string of the molecule is O=C(Cl)CN(Cc1ccco1)S(=O)(=O)c1ccc(F)cc1. The summed E-state index contributed by atoms with van der Waals surface area (Å²) in [6.07, 6.45) is 1.39. The van der Waals surface area contributed by atoms with Gasteiger partial charge in [-0.05, 0) is 48.0 Å². The van der Waals surface area contributed by atoms with E-state index in [9.17, 15) is 17.6 Å². The van der Waals surface area contributed by atoms with Crippen LogP contribution in [0.4, 0.5) is 4.39 Å². The molecule has 1 aromatic heterocycles. The second kappa shape index (κ2) is 6.38. The summed E-state index contributed by atoms with van der Waals surface area (Å²) in [5.74, 6) is -0.196. The number of hydrogen-bond donors (Lipinski definition) is 0. The third-order valence-corrected chi connectivity index (χ3v) is 4.59. The lowest BCUT2D eigenvalue weighted by atomic mass is 10.4. The molecule has 0 amide bonds. The number of sulfonamides is 1. The fraction of sp³-hybridized carbons (Fsp3) is 0.154. The molecule has 0 spiro atoms. The van der Waals surface area contributed by atoms with Gasteiger partial charge in [-0.1, -0.05) is 0 Å². The topological polar surface area (TPSA) is 67.6 Å². The summed E-state index contributed by atoms with van der Waals surface area (Å²) in [6.45, 7) is -0.660. The highest BCUT2D eigenvalue weighted by Crippen LogP contribution is 2.19. The fourth-order valence-corrected chi connectivity index (χ4v) is 3.27. The van der Waals surface area contributed by atoms with Gasteiger partial charge in [0, 0.05) is 0 Å². The summed E-state index contributed by atoms with van der Waals surface area (Å²) in [5, 5.41) is -0.827. The summed E-state index contributed by atoms with van der Waals surface area (Å²) in [4.78, 5) is 11.0. The quantitative estimate of drug-likeness (QED) is 0.762. The van der Waals surface area contributed by atoms with Crippen LogP contribution in [0.15, 0.2) is 52.0 Å². The molecule has 8 heteroatoms. The first-order valence-electron chi connectivity index (χ1n) is 5.86. The molecule has 0 fully saturated rings. The van der Waals surface area contributed by atoms with Crippen LogP contribution in [0.25, 0.3) is 0 Å². The van der Waals surface area contributed by atoms with Crippen LogP contribution in [0.3, 0.4) is 0 Å². The van der Waals surface area contributed by atoms with Crippen LogP contribution in [0.2, 0.25) is 0 Å². The normalized spacial score (nSPS) is 11.8. The smallest absolute Gasteiger partial charge is 0.243 e. The second-order valence-electron chi connectivity index (χ2n) is 4.16. The van der Waals surface area contributed by atoms with Gasteiger partial charge in [0.25, 0.3) is 0 Å². The number of hydrogen-bond acceptors (Lipinski definition) is 4. The van der Waals surface area contributed by atoms with Crippen molar-refractivity contribution < 1.29 is 22.0 Å². The van der Waals surface area contributed by atoms with Crippen molar-refractivity contribution in [2.45, 2.75) is 11.4 Å². The molecular formula is C13H11ClFNO4S. The van der Waals surface area contributed by atoms with E-state index in [1.54, 1.807) is 12.1 Å². The maximum Gasteiger partial charge on any atom is 0.243 e. The Labute approximate surface area is 126 Å². The van der Waals surface area contributed by atoms with Crippen molar-refractivity contribution >= 4 is 26.9 Å². The van der Waals surface area contributed by atoms with E-state index in [-0.39, 0.29) is 11.4 Å². The zero-order chi connectivity index (χ0) is 15.5. The minimum absolute atomic E-state index is 0.131. The molecule has 0 bridgehead atoms. The number of benzene rings is 1. The maximum absolute atomic E-state index is 12.9. The van der Waals surface area contributed by atoms with Crippen LogP contribution < -0.4 is 0 Å². The van der Waals surface area contributed by atoms with Gasteiger partial charge in [-0.2, -0.15) is 4.31 Å². The summed E-state index contributed by atoms with van der Waals surface area (Å²) >= 11 is 5.30. The number of nitrogens with zero attached hydrogens (tertiary/aromatic N) is 1. The lowest BCUT2D eigenvalue weighted by Gasteiger charge is -2.19. The zero-order valence-electron chi connectivity index (χ0n) is 10.7. The third-order valence-electron chi connectivity index (χ3n) is 2.66. The van der Waals surface area contributed by atoms with Crippen molar-refractivity contribution in [1.82, 2.24) is 4.31 Å². The molecule has 0 aliphatic carbocycles. The molecule has 0 N–H and O–H groups in total. The first-order valence-corrected chi connectivity index (χ1v) is 7.68. The molecular weight excluding hydrogens is 321 g/mol. The Kier molecular flexibility index (Phi) is 4.76. The fourth-order valence-electron chi connectivity index (χ4n) is 1.70. The van der Waals surface area contributed by atoms with Crippen LogP contribution in [0.5, 0.6) is 0 Å². The number of rotatable bonds is 6. The molecule has 0 unspecified atom stereocenters. The average molecular weight is 332 g/mol. The van der Waals surface area contributed by atoms with Crippen molar-refractivity contribution in [1.29, 1.82) is 0 Å². The molecule has 0 saturated heterocycles. The first-order chi connectivity index (χ1) is 9.89. The van der Waals surface area contributed by atoms with Crippen LogP contribution in [-0.2, 0) is 21.4 Å². The molecule has 112 valence electrons. The largest absolute Gasteiger partial charge is 0.468 e. The summed E-state index contributed by atoms with van der Waals surface area (Å²) in [6, 6.07) is 7.48. The number of carbonyl (C=O) groups is 1. The Morgan fingerprint density at radius 3 is 2.43 bits per heavy atom. The number of furan rings is 1. The first kappa shape index (κ1) is 15.7. The molecule has 1 heterocycles. The van der Waals surface area contributed by atoms with Gasteiger partial charge in [0.2, 0.25) is 15.3 Å². The Hall–Kier alpha value is -1.70. The van der Waals surface area contributed by atoms with Crippen LogP contribution >= 0.6 is 11.6 Å². The molecule has 5 nitrogen and oxygen atoms in total. The second-order valence-corrected chi connectivity index (χ2v) is 6.52. The van der Waals surface area contributed by atoms with Gasteiger partial charge in [0.1, 0.15) is 11.6 Å². The molecule has 1 aromatic carbocycles. The van der Waals surface area contributed by atoms with E-state index in [1.807, 2.05) is 0 Å². The molecule has 2 aromatic rings. The summed E-state index contributed by atoms with van der Waals surface area (Å²) in [7, 11) is -3.99. The standard InChI is InChI=1S/C13H11ClFNO4S/c14-13(17)9-16(8-11-2-1-7-20-11)21(18,19)12-5-3-10(15)4-6-12/h1-7H,8-9H2. The predicted octanol–water partition coefficient (Wildman–Crippen LogP) is 2.38. The van der Waals surface area contributed by atoms with Gasteiger partial charge in [0.15, 0.2) is 0 Å². The summed E-state index contributed by atoms with van der Waals surface area (Å²) < 4.78 is 43.7. The molecule has 2 rings (SSSR count). The highest BCUT2D eigenvalue weighted by Gasteiger charge is 2.27. The lowest BCUT2D eigenvalue weighted by Crippen LogP contribution is -2.33. The average Bonchev–Trinajstić information content (AvgIpc) is 2.91. The summed E-state index contributed by atoms with van der Waals surface area (Å²) in [5.41, 5.74) is 0. The van der Waals surface area contributed by atoms with Gasteiger partial charge in [-0.25, -0.2) is 12.8 Å². The molecule has 0 radical (unpaired) electrons. The van der Waals surface area contributed by atoms with Crippen molar-refractivity contribution in [3.8, 4) is 0 Å². The molecule has 0 aliphatic heterocycles. The van der Waals surface area contributed by atoms with Gasteiger partial charge in [-0.3, -0.25) is 4.79 Å². The Morgan fingerprint density at radius 2 is 1.90 bits per heavy atom. The van der Waals surface area contributed by atoms with Gasteiger partial charge >= 0.3 is 0 Å². The van der Waals surface area contributed by atoms with Gasteiger partial charge < -0.3 is 4.42 Å². The van der Waals surface area contributed by atoms with E-state index in [0.29, 0.717) is 5.76 Å². The van der Waals surface area contributed by atoms with Gasteiger partial charge in [0.05, 0.1) is 24.2 Å². The zero-order valence-corrected chi connectivity index (χ0v) is 12.3. The van der Waals surface area contributed by atoms with Gasteiger partial charge in [-0.15, -0.1) is 0 Å². The minimum Gasteiger partial charge on any atom is -0.468 e. The van der Waals surface area contributed by atoms with E-state index in [0.717, 1.165) is 28.6 Å². The Bertz CT molecular complexity index is 713. The monoisotopic (exact) mass is 331 g/mol. The minimum atomic E-state index is -3.99. The van der Waals surface area contributed by atoms with Crippen molar-refractivity contribution in [2.24, 2.45) is 0 Å². The highest BCUT2D eigenvalue weighted by atomic mass is 35.5. The number of carbonyl (C=O) groups excluding carboxylic acids is 1. The number of halogens is 2. The molecule has 0 aliphatic rings. The Morgan fingerprint density at radius 1 is 1.24 bits per heavy atom. The molecule has 21 heavy (non-hydrogen) atoms. The van der Waals surface area contributed by atoms with E-state index in [2.05, 4.69) is 0 Å². The predicted molar refractivity (Wildman–Crippen MR) is 73.6 cm³/mol. The van der Waals surface area contributed by atoms with Crippen molar-refractivity contribution in [3.05, 3.63) is 54.2 Å². The van der Waals surface area contributed by atoms with Crippen LogP contribution in [0.1, 0.15) is 5.76 Å². The molecule has 0 atom stereocenters. The van der Waals surface area contributed by atoms with Crippen LogP contribution in [-0.4, -0.2) is 24.5 Å².